The molecule has 8 heteroatoms. The summed E-state index contributed by atoms with van der Waals surface area (Å²) in [4.78, 5) is 19.6. The number of hydrogen-bond acceptors (Lipinski definition) is 4. The third-order valence-electron chi connectivity index (χ3n) is 5.03. The Morgan fingerprint density at radius 1 is 1.00 bits per heavy atom. The molecular weight excluding hydrogens is 454 g/mol. The zero-order valence-electron chi connectivity index (χ0n) is 15.9. The molecule has 0 saturated carbocycles. The summed E-state index contributed by atoms with van der Waals surface area (Å²) in [5, 5.41) is 0.812. The van der Waals surface area contributed by atoms with Crippen LogP contribution >= 0.6 is 15.9 Å². The SMILES string of the molecule is Cc1cc(C(=O)N2CCN(S(=O)(=O)c3cccc(Br)c3)CC2)c2ccccc2n1. The molecule has 1 aromatic heterocycles. The molecular formula is C21H20BrN3O3S. The van der Waals surface area contributed by atoms with Gasteiger partial charge in [0, 0.05) is 41.7 Å². The van der Waals surface area contributed by atoms with E-state index in [1.165, 1.54) is 4.31 Å². The average Bonchev–Trinajstić information content (AvgIpc) is 2.72. The summed E-state index contributed by atoms with van der Waals surface area (Å²) in [6, 6.07) is 16.0. The molecule has 4 rings (SSSR count). The first-order valence-corrected chi connectivity index (χ1v) is 11.5. The highest BCUT2D eigenvalue weighted by Crippen LogP contribution is 2.23. The molecule has 29 heavy (non-hydrogen) atoms. The Kier molecular flexibility index (Phi) is 5.42. The molecule has 150 valence electrons. The number of piperazine rings is 1. The van der Waals surface area contributed by atoms with E-state index in [0.29, 0.717) is 23.1 Å². The number of aromatic nitrogens is 1. The van der Waals surface area contributed by atoms with Crippen LogP contribution in [0.25, 0.3) is 10.9 Å². The fourth-order valence-electron chi connectivity index (χ4n) is 3.56. The third-order valence-corrected chi connectivity index (χ3v) is 7.42. The second kappa shape index (κ2) is 7.85. The second-order valence-electron chi connectivity index (χ2n) is 6.98. The minimum absolute atomic E-state index is 0.0915. The highest BCUT2D eigenvalue weighted by molar-refractivity contribution is 9.10. The number of hydrogen-bond donors (Lipinski definition) is 0. The molecule has 2 aromatic carbocycles. The number of fused-ring (bicyclic) bond motifs is 1. The highest BCUT2D eigenvalue weighted by Gasteiger charge is 2.31. The van der Waals surface area contributed by atoms with Crippen LogP contribution < -0.4 is 0 Å². The van der Waals surface area contributed by atoms with Crippen molar-refractivity contribution in [3.05, 3.63) is 70.3 Å². The van der Waals surface area contributed by atoms with E-state index in [2.05, 4.69) is 20.9 Å². The Morgan fingerprint density at radius 2 is 1.72 bits per heavy atom. The molecule has 6 nitrogen and oxygen atoms in total. The molecule has 1 aliphatic heterocycles. The van der Waals surface area contributed by atoms with Crippen LogP contribution in [-0.4, -0.2) is 54.7 Å². The molecule has 0 unspecified atom stereocenters. The van der Waals surface area contributed by atoms with Gasteiger partial charge in [-0.15, -0.1) is 0 Å². The maximum atomic E-state index is 13.2. The first-order chi connectivity index (χ1) is 13.9. The number of amides is 1. The van der Waals surface area contributed by atoms with E-state index in [0.717, 1.165) is 16.6 Å². The number of pyridine rings is 1. The maximum Gasteiger partial charge on any atom is 0.254 e. The average molecular weight is 474 g/mol. The van der Waals surface area contributed by atoms with E-state index in [1.54, 1.807) is 35.2 Å². The van der Waals surface area contributed by atoms with Crippen LogP contribution in [0.4, 0.5) is 0 Å². The minimum atomic E-state index is -3.58. The van der Waals surface area contributed by atoms with Gasteiger partial charge in [-0.1, -0.05) is 40.2 Å². The molecule has 1 aliphatic rings. The summed E-state index contributed by atoms with van der Waals surface area (Å²) >= 11 is 3.32. The first kappa shape index (κ1) is 20.0. The molecule has 0 N–H and O–H groups in total. The number of rotatable bonds is 3. The van der Waals surface area contributed by atoms with Gasteiger partial charge in [-0.3, -0.25) is 9.78 Å². The molecule has 2 heterocycles. The predicted octanol–water partition coefficient (Wildman–Crippen LogP) is 3.45. The summed E-state index contributed by atoms with van der Waals surface area (Å²) < 4.78 is 28.0. The largest absolute Gasteiger partial charge is 0.336 e. The van der Waals surface area contributed by atoms with Crippen molar-refractivity contribution in [2.24, 2.45) is 0 Å². The van der Waals surface area contributed by atoms with Crippen LogP contribution in [0.3, 0.4) is 0 Å². The topological polar surface area (TPSA) is 70.6 Å². The van der Waals surface area contributed by atoms with Gasteiger partial charge in [0.15, 0.2) is 0 Å². The molecule has 0 spiro atoms. The van der Waals surface area contributed by atoms with Crippen molar-refractivity contribution in [3.8, 4) is 0 Å². The van der Waals surface area contributed by atoms with Crippen molar-refractivity contribution in [2.75, 3.05) is 26.2 Å². The number of benzene rings is 2. The predicted molar refractivity (Wildman–Crippen MR) is 115 cm³/mol. The fourth-order valence-corrected chi connectivity index (χ4v) is 5.58. The highest BCUT2D eigenvalue weighted by atomic mass is 79.9. The lowest BCUT2D eigenvalue weighted by Crippen LogP contribution is -2.50. The lowest BCUT2D eigenvalue weighted by molar-refractivity contribution is 0.0699. The number of halogens is 1. The molecule has 3 aromatic rings. The maximum absolute atomic E-state index is 13.2. The molecule has 0 aliphatic carbocycles. The minimum Gasteiger partial charge on any atom is -0.336 e. The lowest BCUT2D eigenvalue weighted by atomic mass is 10.1. The Bertz CT molecular complexity index is 1190. The van der Waals surface area contributed by atoms with Gasteiger partial charge in [-0.05, 0) is 37.3 Å². The van der Waals surface area contributed by atoms with Gasteiger partial charge in [0.25, 0.3) is 5.91 Å². The van der Waals surface area contributed by atoms with Crippen molar-refractivity contribution in [1.29, 1.82) is 0 Å². The van der Waals surface area contributed by atoms with Crippen molar-refractivity contribution >= 4 is 42.8 Å². The van der Waals surface area contributed by atoms with Crippen LogP contribution in [0.1, 0.15) is 16.1 Å². The third kappa shape index (κ3) is 3.92. The smallest absolute Gasteiger partial charge is 0.254 e. The molecule has 0 bridgehead atoms. The quantitative estimate of drug-likeness (QED) is 0.583. The summed E-state index contributed by atoms with van der Waals surface area (Å²) in [7, 11) is -3.58. The fraction of sp³-hybridized carbons (Fsp3) is 0.238. The molecule has 0 atom stereocenters. The summed E-state index contributed by atoms with van der Waals surface area (Å²) in [5.41, 5.74) is 2.17. The number of sulfonamides is 1. The normalized spacial score (nSPS) is 15.6. The van der Waals surface area contributed by atoms with E-state index in [-0.39, 0.29) is 23.9 Å². The Labute approximate surface area is 178 Å². The van der Waals surface area contributed by atoms with Crippen molar-refractivity contribution < 1.29 is 13.2 Å². The number of para-hydroxylation sites is 1. The van der Waals surface area contributed by atoms with E-state index in [9.17, 15) is 13.2 Å². The van der Waals surface area contributed by atoms with Crippen LogP contribution in [0.2, 0.25) is 0 Å². The Morgan fingerprint density at radius 3 is 2.45 bits per heavy atom. The number of carbonyl (C=O) groups is 1. The lowest BCUT2D eigenvalue weighted by Gasteiger charge is -2.34. The van der Waals surface area contributed by atoms with E-state index < -0.39 is 10.0 Å². The number of nitrogens with zero attached hydrogens (tertiary/aromatic N) is 3. The van der Waals surface area contributed by atoms with Crippen LogP contribution in [0, 0.1) is 6.92 Å². The van der Waals surface area contributed by atoms with Gasteiger partial charge < -0.3 is 4.90 Å². The van der Waals surface area contributed by atoms with E-state index in [1.807, 2.05) is 31.2 Å². The summed E-state index contributed by atoms with van der Waals surface area (Å²) in [5.74, 6) is -0.0915. The Balaban J connectivity index is 1.54. The molecule has 0 radical (unpaired) electrons. The summed E-state index contributed by atoms with van der Waals surface area (Å²) in [6.45, 7) is 3.10. The second-order valence-corrected chi connectivity index (χ2v) is 9.84. The van der Waals surface area contributed by atoms with Gasteiger partial charge in [0.05, 0.1) is 16.0 Å². The zero-order chi connectivity index (χ0) is 20.6. The first-order valence-electron chi connectivity index (χ1n) is 9.27. The van der Waals surface area contributed by atoms with Crippen LogP contribution in [0.5, 0.6) is 0 Å². The molecule has 1 amide bonds. The van der Waals surface area contributed by atoms with Crippen molar-refractivity contribution in [3.63, 3.8) is 0 Å². The van der Waals surface area contributed by atoms with Crippen LogP contribution in [-0.2, 0) is 10.0 Å². The van der Waals surface area contributed by atoms with Gasteiger partial charge in [-0.25, -0.2) is 8.42 Å². The number of aryl methyl sites for hydroxylation is 1. The molecule has 1 saturated heterocycles. The standard InChI is InChI=1S/C21H20BrN3O3S/c1-15-13-19(18-7-2-3-8-20(18)23-15)21(26)24-9-11-25(12-10-24)29(27,28)17-6-4-5-16(22)14-17/h2-8,13-14H,9-12H2,1H3. The van der Waals surface area contributed by atoms with Crippen molar-refractivity contribution in [2.45, 2.75) is 11.8 Å². The van der Waals surface area contributed by atoms with E-state index >= 15 is 0 Å². The molecule has 1 fully saturated rings. The van der Waals surface area contributed by atoms with Gasteiger partial charge >= 0.3 is 0 Å². The van der Waals surface area contributed by atoms with Crippen molar-refractivity contribution in [1.82, 2.24) is 14.2 Å². The van der Waals surface area contributed by atoms with Gasteiger partial charge in [0.1, 0.15) is 0 Å². The van der Waals surface area contributed by atoms with E-state index in [4.69, 9.17) is 0 Å². The monoisotopic (exact) mass is 473 g/mol. The Hall–Kier alpha value is -2.29. The van der Waals surface area contributed by atoms with Gasteiger partial charge in [-0.2, -0.15) is 4.31 Å². The number of carbonyl (C=O) groups excluding carboxylic acids is 1. The van der Waals surface area contributed by atoms with Gasteiger partial charge in [0.2, 0.25) is 10.0 Å². The zero-order valence-corrected chi connectivity index (χ0v) is 18.3. The van der Waals surface area contributed by atoms with Crippen LogP contribution in [0.15, 0.2) is 64.0 Å². The summed E-state index contributed by atoms with van der Waals surface area (Å²) in [6.07, 6.45) is 0.